The van der Waals surface area contributed by atoms with Crippen LogP contribution in [0.3, 0.4) is 0 Å². The number of aromatic amines is 1. The molecule has 2 aromatic carbocycles. The van der Waals surface area contributed by atoms with E-state index in [1.165, 1.54) is 32.9 Å². The van der Waals surface area contributed by atoms with Gasteiger partial charge in [-0.25, -0.2) is 4.98 Å². The Morgan fingerprint density at radius 3 is 2.30 bits per heavy atom. The predicted octanol–water partition coefficient (Wildman–Crippen LogP) is 6.06. The summed E-state index contributed by atoms with van der Waals surface area (Å²) >= 11 is 0. The van der Waals surface area contributed by atoms with Crippen molar-refractivity contribution >= 4 is 21.7 Å². The van der Waals surface area contributed by atoms with Gasteiger partial charge in [-0.15, -0.1) is 0 Å². The largest absolute Gasteiger partial charge is 0.358 e. The molecule has 3 heterocycles. The van der Waals surface area contributed by atoms with Gasteiger partial charge in [-0.05, 0) is 49.1 Å². The van der Waals surface area contributed by atoms with E-state index in [-0.39, 0.29) is 0 Å². The molecule has 0 bridgehead atoms. The van der Waals surface area contributed by atoms with Crippen LogP contribution in [0, 0.1) is 13.8 Å². The number of H-pyrrole nitrogens is 1. The van der Waals surface area contributed by atoms with Crippen LogP contribution in [-0.2, 0) is 0 Å². The highest BCUT2D eigenvalue weighted by Crippen LogP contribution is 2.34. The highest BCUT2D eigenvalue weighted by molar-refractivity contribution is 6.11. The summed E-state index contributed by atoms with van der Waals surface area (Å²) in [6.45, 7) is 4.30. The third-order valence-electron chi connectivity index (χ3n) is 5.34. The van der Waals surface area contributed by atoms with Crippen LogP contribution in [0.1, 0.15) is 11.3 Å². The number of nitrogens with one attached hydrogen (secondary N) is 1. The van der Waals surface area contributed by atoms with Gasteiger partial charge in [0, 0.05) is 40.0 Å². The number of aromatic nitrogens is 3. The van der Waals surface area contributed by atoms with Crippen molar-refractivity contribution in [3.05, 3.63) is 84.3 Å². The number of hydrogen-bond acceptors (Lipinski definition) is 2. The Hall–Kier alpha value is -3.46. The van der Waals surface area contributed by atoms with Gasteiger partial charge in [0.2, 0.25) is 0 Å². The summed E-state index contributed by atoms with van der Waals surface area (Å²) in [5.74, 6) is 0. The van der Waals surface area contributed by atoms with E-state index < -0.39 is 0 Å². The maximum atomic E-state index is 4.93. The molecule has 0 aliphatic carbocycles. The van der Waals surface area contributed by atoms with E-state index in [0.29, 0.717) is 0 Å². The number of aryl methyl sites for hydroxylation is 2. The lowest BCUT2D eigenvalue weighted by Crippen LogP contribution is -1.89. The zero-order valence-corrected chi connectivity index (χ0v) is 15.3. The summed E-state index contributed by atoms with van der Waals surface area (Å²) in [4.78, 5) is 12.6. The first kappa shape index (κ1) is 15.8. The Morgan fingerprint density at radius 1 is 0.704 bits per heavy atom. The molecule has 0 amide bonds. The molecule has 0 radical (unpaired) electrons. The van der Waals surface area contributed by atoms with Crippen LogP contribution in [-0.4, -0.2) is 15.0 Å². The summed E-state index contributed by atoms with van der Waals surface area (Å²) in [5.41, 5.74) is 7.90. The van der Waals surface area contributed by atoms with E-state index in [1.54, 1.807) is 12.4 Å². The maximum absolute atomic E-state index is 4.93. The van der Waals surface area contributed by atoms with Crippen LogP contribution < -0.4 is 0 Å². The minimum absolute atomic E-state index is 0.958. The first-order valence-corrected chi connectivity index (χ1v) is 9.11. The molecule has 3 aromatic heterocycles. The van der Waals surface area contributed by atoms with E-state index >= 15 is 0 Å². The molecule has 0 fully saturated rings. The summed E-state index contributed by atoms with van der Waals surface area (Å²) < 4.78 is 0. The Bertz CT molecular complexity index is 1280. The Labute approximate surface area is 157 Å². The minimum atomic E-state index is 0.958. The van der Waals surface area contributed by atoms with Gasteiger partial charge in [0.05, 0.1) is 16.9 Å². The molecular formula is C24H19N3. The van der Waals surface area contributed by atoms with Gasteiger partial charge in [0.25, 0.3) is 0 Å². The van der Waals surface area contributed by atoms with Gasteiger partial charge in [-0.2, -0.15) is 0 Å². The van der Waals surface area contributed by atoms with Crippen LogP contribution >= 0.6 is 0 Å². The third kappa shape index (κ3) is 2.51. The van der Waals surface area contributed by atoms with Crippen molar-refractivity contribution in [1.82, 2.24) is 15.0 Å². The van der Waals surface area contributed by atoms with Crippen LogP contribution in [0.4, 0.5) is 0 Å². The third-order valence-corrected chi connectivity index (χ3v) is 5.34. The molecule has 27 heavy (non-hydrogen) atoms. The first-order valence-electron chi connectivity index (χ1n) is 9.11. The van der Waals surface area contributed by atoms with Crippen molar-refractivity contribution < 1.29 is 0 Å². The molecule has 1 N–H and O–H groups in total. The van der Waals surface area contributed by atoms with Gasteiger partial charge in [-0.1, -0.05) is 36.4 Å². The van der Waals surface area contributed by atoms with Gasteiger partial charge in [0.15, 0.2) is 0 Å². The molecule has 0 saturated carbocycles. The fraction of sp³-hybridized carbons (Fsp3) is 0.0833. The quantitative estimate of drug-likeness (QED) is 0.421. The molecule has 0 atom stereocenters. The van der Waals surface area contributed by atoms with E-state index in [0.717, 1.165) is 22.5 Å². The summed E-state index contributed by atoms with van der Waals surface area (Å²) in [7, 11) is 0. The summed E-state index contributed by atoms with van der Waals surface area (Å²) in [6, 6.07) is 21.0. The molecule has 130 valence electrons. The topological polar surface area (TPSA) is 41.6 Å². The number of pyridine rings is 2. The fourth-order valence-electron chi connectivity index (χ4n) is 3.78. The van der Waals surface area contributed by atoms with E-state index in [4.69, 9.17) is 4.98 Å². The fourth-order valence-corrected chi connectivity index (χ4v) is 3.78. The van der Waals surface area contributed by atoms with E-state index in [9.17, 15) is 0 Å². The monoisotopic (exact) mass is 349 g/mol. The Kier molecular flexibility index (Phi) is 3.54. The molecular weight excluding hydrogens is 330 g/mol. The van der Waals surface area contributed by atoms with Crippen molar-refractivity contribution in [2.24, 2.45) is 0 Å². The molecule has 5 rings (SSSR count). The Balaban J connectivity index is 1.74. The molecule has 3 heteroatoms. The molecule has 0 unspecified atom stereocenters. The maximum Gasteiger partial charge on any atom is 0.0715 e. The molecule has 0 saturated heterocycles. The number of benzene rings is 2. The summed E-state index contributed by atoms with van der Waals surface area (Å²) in [6.07, 6.45) is 3.60. The van der Waals surface area contributed by atoms with Crippen molar-refractivity contribution in [2.75, 3.05) is 0 Å². The van der Waals surface area contributed by atoms with Gasteiger partial charge in [-0.3, -0.25) is 4.98 Å². The minimum Gasteiger partial charge on any atom is -0.358 e. The zero-order valence-electron chi connectivity index (χ0n) is 15.3. The lowest BCUT2D eigenvalue weighted by molar-refractivity contribution is 1.26. The average molecular weight is 349 g/mol. The highest BCUT2D eigenvalue weighted by atomic mass is 14.7. The number of rotatable bonds is 2. The smallest absolute Gasteiger partial charge is 0.0715 e. The second kappa shape index (κ2) is 6.06. The zero-order chi connectivity index (χ0) is 18.4. The van der Waals surface area contributed by atoms with Crippen LogP contribution in [0.25, 0.3) is 44.2 Å². The molecule has 0 aliphatic rings. The van der Waals surface area contributed by atoms with E-state index in [1.807, 2.05) is 18.2 Å². The van der Waals surface area contributed by atoms with Crippen molar-refractivity contribution in [1.29, 1.82) is 0 Å². The standard InChI is InChI=1S/C24H19N3/c1-15-16(2)26-24-18(15)9-10-19-20(5-3-6-21(19)24)23-8-4-7-22(27-23)17-11-13-25-14-12-17/h3-14,26H,1-2H3. The summed E-state index contributed by atoms with van der Waals surface area (Å²) in [5, 5.41) is 3.73. The Morgan fingerprint density at radius 2 is 1.44 bits per heavy atom. The van der Waals surface area contributed by atoms with E-state index in [2.05, 4.69) is 66.3 Å². The average Bonchev–Trinajstić information content (AvgIpc) is 3.03. The van der Waals surface area contributed by atoms with Gasteiger partial charge in [0.1, 0.15) is 0 Å². The lowest BCUT2D eigenvalue weighted by atomic mass is 9.98. The predicted molar refractivity (Wildman–Crippen MR) is 112 cm³/mol. The van der Waals surface area contributed by atoms with Crippen LogP contribution in [0.15, 0.2) is 73.1 Å². The lowest BCUT2D eigenvalue weighted by Gasteiger charge is -2.09. The number of hydrogen-bond donors (Lipinski definition) is 1. The molecule has 0 spiro atoms. The van der Waals surface area contributed by atoms with Crippen molar-refractivity contribution in [2.45, 2.75) is 13.8 Å². The van der Waals surface area contributed by atoms with Crippen LogP contribution in [0.2, 0.25) is 0 Å². The number of nitrogens with zero attached hydrogens (tertiary/aromatic N) is 2. The van der Waals surface area contributed by atoms with Crippen molar-refractivity contribution in [3.8, 4) is 22.5 Å². The molecule has 0 aliphatic heterocycles. The first-order chi connectivity index (χ1) is 13.2. The SMILES string of the molecule is Cc1[nH]c2c(ccc3c(-c4cccc(-c5ccncc5)n4)cccc32)c1C. The number of fused-ring (bicyclic) bond motifs is 3. The van der Waals surface area contributed by atoms with Crippen molar-refractivity contribution in [3.63, 3.8) is 0 Å². The highest BCUT2D eigenvalue weighted by Gasteiger charge is 2.12. The second-order valence-electron chi connectivity index (χ2n) is 6.91. The molecule has 5 aromatic rings. The van der Waals surface area contributed by atoms with Crippen LogP contribution in [0.5, 0.6) is 0 Å². The molecule has 3 nitrogen and oxygen atoms in total. The van der Waals surface area contributed by atoms with Gasteiger partial charge < -0.3 is 4.98 Å². The van der Waals surface area contributed by atoms with Gasteiger partial charge >= 0.3 is 0 Å². The normalized spacial score (nSPS) is 11.3. The second-order valence-corrected chi connectivity index (χ2v) is 6.91.